The Balaban J connectivity index is 2.67. The highest BCUT2D eigenvalue weighted by molar-refractivity contribution is 7.80. The fourth-order valence-corrected chi connectivity index (χ4v) is 2.19. The molecule has 0 saturated heterocycles. The molecule has 0 aliphatic heterocycles. The Hall–Kier alpha value is -1.000. The van der Waals surface area contributed by atoms with E-state index in [0.29, 0.717) is 5.05 Å². The van der Waals surface area contributed by atoms with Crippen molar-refractivity contribution in [3.63, 3.8) is 0 Å². The molecule has 2 aromatic rings. The summed E-state index contributed by atoms with van der Waals surface area (Å²) in [7, 11) is 1.59. The Morgan fingerprint density at radius 3 is 3.15 bits per heavy atom. The van der Waals surface area contributed by atoms with E-state index in [1.165, 1.54) is 0 Å². The molecular formula is C9H7NOS2. The van der Waals surface area contributed by atoms with Crippen molar-refractivity contribution in [1.29, 1.82) is 0 Å². The van der Waals surface area contributed by atoms with Gasteiger partial charge in [0.2, 0.25) is 0 Å². The number of nitrogens with zero attached hydrogens (tertiary/aromatic N) is 1. The normalized spacial score (nSPS) is 10.2. The van der Waals surface area contributed by atoms with Gasteiger partial charge in [0, 0.05) is 5.56 Å². The lowest BCUT2D eigenvalue weighted by molar-refractivity contribution is 0.416. The minimum Gasteiger partial charge on any atom is -0.486 e. The minimum absolute atomic E-state index is 0.523. The summed E-state index contributed by atoms with van der Waals surface area (Å²) in [4.78, 5) is 4.20. The molecule has 4 heteroatoms. The van der Waals surface area contributed by atoms with Crippen molar-refractivity contribution in [2.24, 2.45) is 0 Å². The molecule has 0 atom stereocenters. The second-order valence-corrected chi connectivity index (χ2v) is 3.72. The van der Waals surface area contributed by atoms with Gasteiger partial charge in [-0.25, -0.2) is 4.98 Å². The Morgan fingerprint density at radius 1 is 1.54 bits per heavy atom. The molecule has 0 fully saturated rings. The second kappa shape index (κ2) is 3.40. The Bertz CT molecular complexity index is 450. The van der Waals surface area contributed by atoms with Gasteiger partial charge >= 0.3 is 0 Å². The molecule has 0 amide bonds. The standard InChI is InChI=1S/C9H7NOS2/c1-11-9(12)6-3-2-4-7-8(6)13-5-10-7/h2-5H,1H3. The van der Waals surface area contributed by atoms with E-state index in [0.717, 1.165) is 15.8 Å². The molecule has 1 heterocycles. The van der Waals surface area contributed by atoms with E-state index in [4.69, 9.17) is 17.0 Å². The number of benzene rings is 1. The lowest BCUT2D eigenvalue weighted by Gasteiger charge is -2.01. The van der Waals surface area contributed by atoms with E-state index in [-0.39, 0.29) is 0 Å². The van der Waals surface area contributed by atoms with Crippen LogP contribution in [-0.4, -0.2) is 17.1 Å². The van der Waals surface area contributed by atoms with Crippen LogP contribution < -0.4 is 0 Å². The molecule has 2 rings (SSSR count). The fraction of sp³-hybridized carbons (Fsp3) is 0.111. The van der Waals surface area contributed by atoms with Gasteiger partial charge < -0.3 is 4.74 Å². The molecule has 0 unspecified atom stereocenters. The highest BCUT2D eigenvalue weighted by Gasteiger charge is 2.07. The van der Waals surface area contributed by atoms with Crippen LogP contribution >= 0.6 is 23.6 Å². The summed E-state index contributed by atoms with van der Waals surface area (Å²) >= 11 is 6.65. The molecule has 0 aliphatic rings. The molecule has 1 aromatic carbocycles. The van der Waals surface area contributed by atoms with Gasteiger partial charge in [0.1, 0.15) is 0 Å². The largest absolute Gasteiger partial charge is 0.486 e. The first-order valence-electron chi connectivity index (χ1n) is 3.73. The van der Waals surface area contributed by atoms with E-state index >= 15 is 0 Å². The number of aromatic nitrogens is 1. The third kappa shape index (κ3) is 1.43. The first-order valence-corrected chi connectivity index (χ1v) is 5.02. The summed E-state index contributed by atoms with van der Waals surface area (Å²) < 4.78 is 6.12. The van der Waals surface area contributed by atoms with Gasteiger partial charge in [-0.3, -0.25) is 0 Å². The predicted molar refractivity (Wildman–Crippen MR) is 58.3 cm³/mol. The van der Waals surface area contributed by atoms with Crippen LogP contribution in [0.2, 0.25) is 0 Å². The average Bonchev–Trinajstić information content (AvgIpc) is 2.63. The molecule has 66 valence electrons. The summed E-state index contributed by atoms with van der Waals surface area (Å²) in [5, 5.41) is 0.523. The van der Waals surface area contributed by atoms with Gasteiger partial charge in [-0.1, -0.05) is 6.07 Å². The van der Waals surface area contributed by atoms with Gasteiger partial charge in [0.15, 0.2) is 5.05 Å². The molecule has 0 radical (unpaired) electrons. The third-order valence-corrected chi connectivity index (χ3v) is 3.02. The van der Waals surface area contributed by atoms with Crippen LogP contribution in [0.15, 0.2) is 23.7 Å². The Kier molecular flexibility index (Phi) is 2.24. The van der Waals surface area contributed by atoms with Crippen LogP contribution in [-0.2, 0) is 4.74 Å². The smallest absolute Gasteiger partial charge is 0.192 e. The van der Waals surface area contributed by atoms with Crippen LogP contribution in [0.1, 0.15) is 5.56 Å². The maximum atomic E-state index is 5.07. The van der Waals surface area contributed by atoms with E-state index in [2.05, 4.69) is 4.98 Å². The lowest BCUT2D eigenvalue weighted by atomic mass is 10.2. The number of fused-ring (bicyclic) bond motifs is 1. The number of thiocarbonyl (C=S) groups is 1. The highest BCUT2D eigenvalue weighted by atomic mass is 32.1. The molecule has 0 aliphatic carbocycles. The number of hydrogen-bond donors (Lipinski definition) is 0. The van der Waals surface area contributed by atoms with E-state index < -0.39 is 0 Å². The van der Waals surface area contributed by atoms with Crippen molar-refractivity contribution >= 4 is 38.8 Å². The van der Waals surface area contributed by atoms with Crippen LogP contribution in [0.25, 0.3) is 10.2 Å². The SMILES string of the molecule is COC(=S)c1cccc2ncsc12. The Morgan fingerprint density at radius 2 is 2.38 bits per heavy atom. The second-order valence-electron chi connectivity index (χ2n) is 2.50. The van der Waals surface area contributed by atoms with Crippen molar-refractivity contribution in [2.45, 2.75) is 0 Å². The first-order chi connectivity index (χ1) is 6.33. The van der Waals surface area contributed by atoms with Gasteiger partial charge in [-0.15, -0.1) is 11.3 Å². The van der Waals surface area contributed by atoms with Crippen LogP contribution in [0.3, 0.4) is 0 Å². The van der Waals surface area contributed by atoms with Gasteiger partial charge in [0.25, 0.3) is 0 Å². The van der Waals surface area contributed by atoms with E-state index in [1.54, 1.807) is 18.4 Å². The van der Waals surface area contributed by atoms with E-state index in [9.17, 15) is 0 Å². The van der Waals surface area contributed by atoms with Crippen LogP contribution in [0.5, 0.6) is 0 Å². The maximum Gasteiger partial charge on any atom is 0.192 e. The summed E-state index contributed by atoms with van der Waals surface area (Å²) in [6.45, 7) is 0. The van der Waals surface area contributed by atoms with Gasteiger partial charge in [-0.2, -0.15) is 0 Å². The quantitative estimate of drug-likeness (QED) is 0.674. The predicted octanol–water partition coefficient (Wildman–Crippen LogP) is 2.62. The molecule has 0 spiro atoms. The molecule has 1 aromatic heterocycles. The summed E-state index contributed by atoms with van der Waals surface area (Å²) in [5.74, 6) is 0. The average molecular weight is 209 g/mol. The van der Waals surface area contributed by atoms with Crippen molar-refractivity contribution in [3.8, 4) is 0 Å². The number of ether oxygens (including phenoxy) is 1. The number of rotatable bonds is 1. The minimum atomic E-state index is 0.523. The molecule has 2 nitrogen and oxygen atoms in total. The molecule has 0 bridgehead atoms. The molecule has 13 heavy (non-hydrogen) atoms. The molecular weight excluding hydrogens is 202 g/mol. The first kappa shape index (κ1) is 8.59. The fourth-order valence-electron chi connectivity index (χ4n) is 1.16. The zero-order valence-electron chi connectivity index (χ0n) is 6.98. The Labute approximate surface area is 85.2 Å². The number of thiazole rings is 1. The van der Waals surface area contributed by atoms with Crippen molar-refractivity contribution in [1.82, 2.24) is 4.98 Å². The topological polar surface area (TPSA) is 22.1 Å². The van der Waals surface area contributed by atoms with Crippen LogP contribution in [0, 0.1) is 0 Å². The lowest BCUT2D eigenvalue weighted by Crippen LogP contribution is -1.98. The van der Waals surface area contributed by atoms with Crippen molar-refractivity contribution in [2.75, 3.05) is 7.11 Å². The summed E-state index contributed by atoms with van der Waals surface area (Å²) in [6.07, 6.45) is 0. The molecule has 0 saturated carbocycles. The monoisotopic (exact) mass is 209 g/mol. The van der Waals surface area contributed by atoms with Crippen molar-refractivity contribution < 1.29 is 4.74 Å². The number of methoxy groups -OCH3 is 1. The van der Waals surface area contributed by atoms with E-state index in [1.807, 2.05) is 23.7 Å². The molecule has 0 N–H and O–H groups in total. The van der Waals surface area contributed by atoms with Crippen LogP contribution in [0.4, 0.5) is 0 Å². The summed E-state index contributed by atoms with van der Waals surface area (Å²) in [6, 6.07) is 5.85. The zero-order chi connectivity index (χ0) is 9.26. The summed E-state index contributed by atoms with van der Waals surface area (Å²) in [5.41, 5.74) is 3.74. The third-order valence-electron chi connectivity index (χ3n) is 1.76. The van der Waals surface area contributed by atoms with Gasteiger partial charge in [-0.05, 0) is 24.4 Å². The maximum absolute atomic E-state index is 5.07. The number of hydrogen-bond acceptors (Lipinski definition) is 4. The zero-order valence-corrected chi connectivity index (χ0v) is 8.61. The van der Waals surface area contributed by atoms with Crippen molar-refractivity contribution in [3.05, 3.63) is 29.3 Å². The van der Waals surface area contributed by atoms with Gasteiger partial charge in [0.05, 0.1) is 22.8 Å². The highest BCUT2D eigenvalue weighted by Crippen LogP contribution is 2.22.